The molecular weight excluding hydrogens is 202 g/mol. The van der Waals surface area contributed by atoms with Crippen molar-refractivity contribution in [3.05, 3.63) is 36.7 Å². The minimum atomic E-state index is 0.212. The van der Waals surface area contributed by atoms with Crippen LogP contribution in [0.25, 0.3) is 5.95 Å². The fraction of sp³-hybridized carbons (Fsp3) is 0.0909. The average Bonchev–Trinajstić information content (AvgIpc) is 2.84. The van der Waals surface area contributed by atoms with Crippen molar-refractivity contribution in [1.29, 1.82) is 5.26 Å². The third kappa shape index (κ3) is 2.23. The molecule has 0 unspecified atom stereocenters. The summed E-state index contributed by atoms with van der Waals surface area (Å²) in [6.45, 7) is 0. The van der Waals surface area contributed by atoms with Crippen LogP contribution in [0, 0.1) is 23.2 Å². The van der Waals surface area contributed by atoms with Crippen LogP contribution in [0.5, 0.6) is 0 Å². The molecular formula is C11H7N5. The van der Waals surface area contributed by atoms with Gasteiger partial charge >= 0.3 is 0 Å². The Morgan fingerprint density at radius 2 is 2.12 bits per heavy atom. The van der Waals surface area contributed by atoms with Crippen molar-refractivity contribution in [1.82, 2.24) is 19.5 Å². The van der Waals surface area contributed by atoms with E-state index in [1.54, 1.807) is 35.7 Å². The van der Waals surface area contributed by atoms with Crippen LogP contribution in [0.4, 0.5) is 0 Å². The Kier molecular flexibility index (Phi) is 2.91. The molecule has 2 aromatic heterocycles. The van der Waals surface area contributed by atoms with Gasteiger partial charge in [0.1, 0.15) is 6.33 Å². The summed E-state index contributed by atoms with van der Waals surface area (Å²) in [5, 5.41) is 8.32. The zero-order valence-corrected chi connectivity index (χ0v) is 8.33. The number of hydrogen-bond acceptors (Lipinski definition) is 4. The van der Waals surface area contributed by atoms with Gasteiger partial charge in [0.05, 0.1) is 18.1 Å². The van der Waals surface area contributed by atoms with Gasteiger partial charge in [-0.3, -0.25) is 4.57 Å². The van der Waals surface area contributed by atoms with Gasteiger partial charge in [0.25, 0.3) is 0 Å². The molecule has 76 valence electrons. The minimum absolute atomic E-state index is 0.212. The van der Waals surface area contributed by atoms with Crippen molar-refractivity contribution in [3.63, 3.8) is 0 Å². The topological polar surface area (TPSA) is 67.4 Å². The fourth-order valence-electron chi connectivity index (χ4n) is 1.08. The molecule has 5 nitrogen and oxygen atoms in total. The van der Waals surface area contributed by atoms with Crippen LogP contribution in [-0.4, -0.2) is 19.5 Å². The fourth-order valence-corrected chi connectivity index (χ4v) is 1.08. The maximum atomic E-state index is 8.32. The highest BCUT2D eigenvalue weighted by molar-refractivity contribution is 5.31. The Hall–Kier alpha value is -2.66. The molecule has 5 heteroatoms. The average molecular weight is 209 g/mol. The van der Waals surface area contributed by atoms with E-state index in [0.29, 0.717) is 11.5 Å². The summed E-state index contributed by atoms with van der Waals surface area (Å²) in [6, 6.07) is 1.94. The summed E-state index contributed by atoms with van der Waals surface area (Å²) in [7, 11) is 0. The first kappa shape index (κ1) is 9.88. The molecule has 2 rings (SSSR count). The Labute approximate surface area is 92.4 Å². The zero-order valence-electron chi connectivity index (χ0n) is 8.33. The van der Waals surface area contributed by atoms with Crippen molar-refractivity contribution in [2.45, 2.75) is 6.42 Å². The van der Waals surface area contributed by atoms with Gasteiger partial charge in [-0.1, -0.05) is 11.8 Å². The summed E-state index contributed by atoms with van der Waals surface area (Å²) in [5.74, 6) is 6.04. The highest BCUT2D eigenvalue weighted by atomic mass is 15.2. The van der Waals surface area contributed by atoms with Gasteiger partial charge in [-0.2, -0.15) is 5.26 Å². The predicted octanol–water partition coefficient (Wildman–Crippen LogP) is 0.927. The smallest absolute Gasteiger partial charge is 0.234 e. The first-order chi connectivity index (χ1) is 7.90. The molecule has 2 heterocycles. The summed E-state index contributed by atoms with van der Waals surface area (Å²) in [6.07, 6.45) is 8.49. The highest BCUT2D eigenvalue weighted by Gasteiger charge is 1.97. The van der Waals surface area contributed by atoms with Gasteiger partial charge in [-0.15, -0.1) is 0 Å². The molecule has 0 N–H and O–H groups in total. The zero-order chi connectivity index (χ0) is 11.2. The predicted molar refractivity (Wildman–Crippen MR) is 56.3 cm³/mol. The molecule has 0 saturated carbocycles. The standard InChI is InChI=1S/C11H7N5/c12-4-2-1-3-10-7-14-11(15-8-10)16-6-5-13-9-16/h5-9H,2H2. The van der Waals surface area contributed by atoms with E-state index in [-0.39, 0.29) is 6.42 Å². The third-order valence-corrected chi connectivity index (χ3v) is 1.77. The van der Waals surface area contributed by atoms with E-state index in [1.165, 1.54) is 0 Å². The minimum Gasteiger partial charge on any atom is -0.274 e. The van der Waals surface area contributed by atoms with Crippen molar-refractivity contribution in [2.75, 3.05) is 0 Å². The normalized spacial score (nSPS) is 8.94. The van der Waals surface area contributed by atoms with Crippen LogP contribution >= 0.6 is 0 Å². The van der Waals surface area contributed by atoms with Crippen molar-refractivity contribution < 1.29 is 0 Å². The number of imidazole rings is 1. The van der Waals surface area contributed by atoms with E-state index in [9.17, 15) is 0 Å². The van der Waals surface area contributed by atoms with Crippen LogP contribution < -0.4 is 0 Å². The molecule has 2 aromatic rings. The molecule has 0 bridgehead atoms. The largest absolute Gasteiger partial charge is 0.274 e. The van der Waals surface area contributed by atoms with Gasteiger partial charge in [-0.05, 0) is 0 Å². The molecule has 0 radical (unpaired) electrons. The van der Waals surface area contributed by atoms with Gasteiger partial charge in [0.15, 0.2) is 0 Å². The summed E-state index contributed by atoms with van der Waals surface area (Å²) in [5.41, 5.74) is 0.694. The molecule has 0 aliphatic heterocycles. The first-order valence-corrected chi connectivity index (χ1v) is 4.56. The third-order valence-electron chi connectivity index (χ3n) is 1.77. The van der Waals surface area contributed by atoms with E-state index in [0.717, 1.165) is 0 Å². The summed E-state index contributed by atoms with van der Waals surface area (Å²) in [4.78, 5) is 12.2. The number of hydrogen-bond donors (Lipinski definition) is 0. The van der Waals surface area contributed by atoms with E-state index >= 15 is 0 Å². The second-order valence-corrected chi connectivity index (χ2v) is 2.88. The van der Waals surface area contributed by atoms with Gasteiger partial charge in [0, 0.05) is 24.8 Å². The Bertz CT molecular complexity index is 551. The summed E-state index contributed by atoms with van der Waals surface area (Å²) >= 11 is 0. The number of rotatable bonds is 1. The van der Waals surface area contributed by atoms with Crippen LogP contribution in [-0.2, 0) is 0 Å². The van der Waals surface area contributed by atoms with E-state index in [1.807, 2.05) is 6.07 Å². The van der Waals surface area contributed by atoms with Crippen LogP contribution in [0.2, 0.25) is 0 Å². The number of nitrogens with zero attached hydrogens (tertiary/aromatic N) is 5. The lowest BCUT2D eigenvalue weighted by Crippen LogP contribution is -1.97. The lowest BCUT2D eigenvalue weighted by molar-refractivity contribution is 0.923. The summed E-state index contributed by atoms with van der Waals surface area (Å²) < 4.78 is 1.70. The SMILES string of the molecule is N#CCC#Cc1cnc(-n2ccnc2)nc1. The molecule has 0 fully saturated rings. The quantitative estimate of drug-likeness (QED) is 0.655. The number of aromatic nitrogens is 4. The lowest BCUT2D eigenvalue weighted by Gasteiger charge is -1.97. The monoisotopic (exact) mass is 209 g/mol. The van der Waals surface area contributed by atoms with E-state index in [2.05, 4.69) is 26.8 Å². The van der Waals surface area contributed by atoms with E-state index < -0.39 is 0 Å². The van der Waals surface area contributed by atoms with Crippen molar-refractivity contribution >= 4 is 0 Å². The molecule has 0 aliphatic rings. The Balaban J connectivity index is 2.19. The Morgan fingerprint density at radius 3 is 2.75 bits per heavy atom. The molecule has 0 saturated heterocycles. The Morgan fingerprint density at radius 1 is 1.31 bits per heavy atom. The number of nitriles is 1. The second-order valence-electron chi connectivity index (χ2n) is 2.88. The maximum Gasteiger partial charge on any atom is 0.234 e. The molecule has 16 heavy (non-hydrogen) atoms. The van der Waals surface area contributed by atoms with Crippen molar-refractivity contribution in [2.24, 2.45) is 0 Å². The maximum absolute atomic E-state index is 8.32. The molecule has 0 atom stereocenters. The molecule has 0 aliphatic carbocycles. The second kappa shape index (κ2) is 4.72. The van der Waals surface area contributed by atoms with Crippen molar-refractivity contribution in [3.8, 4) is 23.9 Å². The highest BCUT2D eigenvalue weighted by Crippen LogP contribution is 1.99. The molecule has 0 amide bonds. The van der Waals surface area contributed by atoms with Gasteiger partial charge in [-0.25, -0.2) is 15.0 Å². The first-order valence-electron chi connectivity index (χ1n) is 4.56. The molecule has 0 aromatic carbocycles. The van der Waals surface area contributed by atoms with Crippen LogP contribution in [0.1, 0.15) is 12.0 Å². The lowest BCUT2D eigenvalue weighted by atomic mass is 10.3. The van der Waals surface area contributed by atoms with Crippen LogP contribution in [0.3, 0.4) is 0 Å². The van der Waals surface area contributed by atoms with Crippen LogP contribution in [0.15, 0.2) is 31.1 Å². The van der Waals surface area contributed by atoms with Gasteiger partial charge < -0.3 is 0 Å². The van der Waals surface area contributed by atoms with Gasteiger partial charge in [0.2, 0.25) is 5.95 Å². The van der Waals surface area contributed by atoms with E-state index in [4.69, 9.17) is 5.26 Å². The molecule has 0 spiro atoms.